The van der Waals surface area contributed by atoms with Crippen LogP contribution in [0, 0.1) is 13.8 Å². The van der Waals surface area contributed by atoms with Crippen molar-refractivity contribution in [3.05, 3.63) is 59.2 Å². The highest BCUT2D eigenvalue weighted by molar-refractivity contribution is 7.89. The van der Waals surface area contributed by atoms with Crippen LogP contribution in [0.4, 0.5) is 5.69 Å². The van der Waals surface area contributed by atoms with Crippen molar-refractivity contribution in [3.63, 3.8) is 0 Å². The van der Waals surface area contributed by atoms with E-state index in [4.69, 9.17) is 4.84 Å². The monoisotopic (exact) mass is 348 g/mol. The number of hydrogen-bond acceptors (Lipinski definition) is 4. The molecule has 0 atom stereocenters. The molecule has 1 N–H and O–H groups in total. The van der Waals surface area contributed by atoms with Crippen molar-refractivity contribution in [1.29, 1.82) is 0 Å². The van der Waals surface area contributed by atoms with Crippen LogP contribution in [0.3, 0.4) is 0 Å². The number of amides is 1. The average Bonchev–Trinajstić information content (AvgIpc) is 2.53. The number of sulfonamides is 1. The first-order valence-corrected chi connectivity index (χ1v) is 8.71. The van der Waals surface area contributed by atoms with Crippen molar-refractivity contribution >= 4 is 21.6 Å². The van der Waals surface area contributed by atoms with E-state index in [9.17, 15) is 13.2 Å². The molecular weight excluding hydrogens is 328 g/mol. The van der Waals surface area contributed by atoms with E-state index in [1.54, 1.807) is 6.07 Å². The summed E-state index contributed by atoms with van der Waals surface area (Å²) in [5.74, 6) is -0.378. The Morgan fingerprint density at radius 2 is 1.71 bits per heavy atom. The maximum absolute atomic E-state index is 12.4. The van der Waals surface area contributed by atoms with E-state index in [1.165, 1.54) is 32.4 Å². The second-order valence-electron chi connectivity index (χ2n) is 5.46. The lowest BCUT2D eigenvalue weighted by atomic mass is 10.1. The zero-order chi connectivity index (χ0) is 17.9. The molecule has 2 rings (SSSR count). The van der Waals surface area contributed by atoms with Crippen LogP contribution in [0.15, 0.2) is 47.4 Å². The molecule has 0 bridgehead atoms. The molecule has 0 unspecified atom stereocenters. The fourth-order valence-electron chi connectivity index (χ4n) is 2.29. The predicted octanol–water partition coefficient (Wildman–Crippen LogP) is 2.74. The quantitative estimate of drug-likeness (QED) is 0.843. The molecule has 0 saturated heterocycles. The SMILES string of the molecule is CON(C)S(=O)(=O)c1cccc(C(=O)Nc2cc(C)cc(C)c2)c1. The van der Waals surface area contributed by atoms with E-state index in [0.717, 1.165) is 15.6 Å². The van der Waals surface area contributed by atoms with Crippen molar-refractivity contribution in [2.45, 2.75) is 18.7 Å². The second-order valence-corrected chi connectivity index (χ2v) is 7.39. The Labute approximate surface area is 142 Å². The summed E-state index contributed by atoms with van der Waals surface area (Å²) in [5.41, 5.74) is 2.98. The van der Waals surface area contributed by atoms with Gasteiger partial charge in [-0.2, -0.15) is 0 Å². The van der Waals surface area contributed by atoms with Gasteiger partial charge >= 0.3 is 0 Å². The molecule has 128 valence electrons. The lowest BCUT2D eigenvalue weighted by Crippen LogP contribution is -2.26. The number of hydroxylamine groups is 1. The second kappa shape index (κ2) is 7.12. The third-order valence-corrected chi connectivity index (χ3v) is 5.14. The molecule has 0 aliphatic carbocycles. The van der Waals surface area contributed by atoms with Gasteiger partial charge in [0, 0.05) is 18.3 Å². The summed E-state index contributed by atoms with van der Waals surface area (Å²) in [6, 6.07) is 11.5. The Bertz CT molecular complexity index is 842. The topological polar surface area (TPSA) is 75.7 Å². The largest absolute Gasteiger partial charge is 0.322 e. The average molecular weight is 348 g/mol. The number of rotatable bonds is 5. The van der Waals surface area contributed by atoms with Crippen LogP contribution in [0.25, 0.3) is 0 Å². The molecule has 0 aromatic heterocycles. The molecule has 0 radical (unpaired) electrons. The molecule has 6 nitrogen and oxygen atoms in total. The van der Waals surface area contributed by atoms with E-state index in [1.807, 2.05) is 32.0 Å². The Kier molecular flexibility index (Phi) is 5.38. The number of anilines is 1. The molecule has 0 aliphatic rings. The zero-order valence-corrected chi connectivity index (χ0v) is 14.8. The van der Waals surface area contributed by atoms with Gasteiger partial charge < -0.3 is 5.32 Å². The van der Waals surface area contributed by atoms with Crippen LogP contribution in [0.2, 0.25) is 0 Å². The molecule has 2 aromatic rings. The highest BCUT2D eigenvalue weighted by Gasteiger charge is 2.21. The highest BCUT2D eigenvalue weighted by atomic mass is 32.2. The number of nitrogens with zero attached hydrogens (tertiary/aromatic N) is 1. The normalized spacial score (nSPS) is 11.5. The minimum Gasteiger partial charge on any atom is -0.322 e. The Balaban J connectivity index is 2.29. The summed E-state index contributed by atoms with van der Waals surface area (Å²) in [6.07, 6.45) is 0. The summed E-state index contributed by atoms with van der Waals surface area (Å²) in [7, 11) is -1.25. The van der Waals surface area contributed by atoms with E-state index in [-0.39, 0.29) is 16.4 Å². The first kappa shape index (κ1) is 18.1. The van der Waals surface area contributed by atoms with Gasteiger partial charge in [0.2, 0.25) is 0 Å². The minimum absolute atomic E-state index is 0.0140. The summed E-state index contributed by atoms with van der Waals surface area (Å²) in [4.78, 5) is 17.1. The number of hydrogen-bond donors (Lipinski definition) is 1. The van der Waals surface area contributed by atoms with Crippen LogP contribution in [0.1, 0.15) is 21.5 Å². The van der Waals surface area contributed by atoms with Crippen LogP contribution in [-0.2, 0) is 14.9 Å². The summed E-state index contributed by atoms with van der Waals surface area (Å²) < 4.78 is 25.3. The standard InChI is InChI=1S/C17H20N2O4S/c1-12-8-13(2)10-15(9-12)18-17(20)14-6-5-7-16(11-14)24(21,22)19(3)23-4/h5-11H,1-4H3,(H,18,20). The Morgan fingerprint density at radius 3 is 2.29 bits per heavy atom. The first-order chi connectivity index (χ1) is 11.2. The van der Waals surface area contributed by atoms with Crippen molar-refractivity contribution in [3.8, 4) is 0 Å². The molecule has 7 heteroatoms. The maximum Gasteiger partial charge on any atom is 0.264 e. The van der Waals surface area contributed by atoms with E-state index in [0.29, 0.717) is 5.69 Å². The summed E-state index contributed by atoms with van der Waals surface area (Å²) in [6.45, 7) is 3.88. The van der Waals surface area contributed by atoms with Crippen molar-refractivity contribution in [2.75, 3.05) is 19.5 Å². The molecule has 1 amide bonds. The van der Waals surface area contributed by atoms with Crippen molar-refractivity contribution in [1.82, 2.24) is 4.47 Å². The summed E-state index contributed by atoms with van der Waals surface area (Å²) >= 11 is 0. The number of benzene rings is 2. The van der Waals surface area contributed by atoms with Crippen LogP contribution in [-0.4, -0.2) is 33.0 Å². The van der Waals surface area contributed by atoms with E-state index >= 15 is 0 Å². The molecule has 0 heterocycles. The van der Waals surface area contributed by atoms with Gasteiger partial charge in [-0.25, -0.2) is 8.42 Å². The molecule has 0 spiro atoms. The van der Waals surface area contributed by atoms with Gasteiger partial charge in [0.25, 0.3) is 15.9 Å². The molecular formula is C17H20N2O4S. The van der Waals surface area contributed by atoms with E-state index in [2.05, 4.69) is 5.32 Å². The lowest BCUT2D eigenvalue weighted by molar-refractivity contribution is -0.0258. The lowest BCUT2D eigenvalue weighted by Gasteiger charge is -2.14. The van der Waals surface area contributed by atoms with Crippen molar-refractivity contribution in [2.24, 2.45) is 0 Å². The fourth-order valence-corrected chi connectivity index (χ4v) is 3.31. The smallest absolute Gasteiger partial charge is 0.264 e. The minimum atomic E-state index is -3.80. The van der Waals surface area contributed by atoms with Gasteiger partial charge in [0.15, 0.2) is 0 Å². The number of aryl methyl sites for hydroxylation is 2. The van der Waals surface area contributed by atoms with Crippen LogP contribution >= 0.6 is 0 Å². The van der Waals surface area contributed by atoms with Gasteiger partial charge in [0.05, 0.1) is 12.0 Å². The van der Waals surface area contributed by atoms with Crippen LogP contribution in [0.5, 0.6) is 0 Å². The maximum atomic E-state index is 12.4. The Hall–Kier alpha value is -2.22. The molecule has 2 aromatic carbocycles. The number of nitrogens with one attached hydrogen (secondary N) is 1. The third kappa shape index (κ3) is 4.00. The van der Waals surface area contributed by atoms with Gasteiger partial charge in [-0.3, -0.25) is 9.63 Å². The van der Waals surface area contributed by atoms with Gasteiger partial charge in [0.1, 0.15) is 0 Å². The van der Waals surface area contributed by atoms with Crippen LogP contribution < -0.4 is 5.32 Å². The van der Waals surface area contributed by atoms with Crippen molar-refractivity contribution < 1.29 is 18.0 Å². The fraction of sp³-hybridized carbons (Fsp3) is 0.235. The van der Waals surface area contributed by atoms with Gasteiger partial charge in [-0.15, -0.1) is 0 Å². The predicted molar refractivity (Wildman–Crippen MR) is 92.3 cm³/mol. The van der Waals surface area contributed by atoms with E-state index < -0.39 is 10.0 Å². The molecule has 0 aliphatic heterocycles. The molecule has 0 fully saturated rings. The highest BCUT2D eigenvalue weighted by Crippen LogP contribution is 2.18. The Morgan fingerprint density at radius 1 is 1.08 bits per heavy atom. The third-order valence-electron chi connectivity index (χ3n) is 3.47. The molecule has 0 saturated carbocycles. The summed E-state index contributed by atoms with van der Waals surface area (Å²) in [5, 5.41) is 2.78. The first-order valence-electron chi connectivity index (χ1n) is 7.27. The molecule has 24 heavy (non-hydrogen) atoms. The van der Waals surface area contributed by atoms with Gasteiger partial charge in [-0.05, 0) is 55.3 Å². The number of carbonyl (C=O) groups is 1. The van der Waals surface area contributed by atoms with Gasteiger partial charge in [-0.1, -0.05) is 16.6 Å². The zero-order valence-electron chi connectivity index (χ0n) is 14.0. The number of carbonyl (C=O) groups excluding carboxylic acids is 1.